The number of nitrogens with zero attached hydrogens (tertiary/aromatic N) is 4. The Labute approximate surface area is 148 Å². The fourth-order valence-corrected chi connectivity index (χ4v) is 4.24. The summed E-state index contributed by atoms with van der Waals surface area (Å²) >= 11 is 0. The molecule has 25 heavy (non-hydrogen) atoms. The molecule has 0 saturated carbocycles. The molecule has 2 aliphatic rings. The topological polar surface area (TPSA) is 65.1 Å². The number of H-pyrrole nitrogens is 1. The zero-order chi connectivity index (χ0) is 17.1. The van der Waals surface area contributed by atoms with Gasteiger partial charge in [0.1, 0.15) is 0 Å². The van der Waals surface area contributed by atoms with E-state index in [0.29, 0.717) is 11.5 Å². The number of rotatable bonds is 4. The van der Waals surface area contributed by atoms with Crippen LogP contribution in [-0.4, -0.2) is 57.1 Å². The van der Waals surface area contributed by atoms with Gasteiger partial charge in [0.15, 0.2) is 0 Å². The molecule has 6 heteroatoms. The molecule has 4 heterocycles. The number of nitrogens with one attached hydrogen (secondary N) is 1. The summed E-state index contributed by atoms with van der Waals surface area (Å²) in [6, 6.07) is 4.15. The first-order chi connectivity index (χ1) is 12.3. The van der Waals surface area contributed by atoms with Crippen LogP contribution in [0.2, 0.25) is 0 Å². The van der Waals surface area contributed by atoms with Crippen molar-refractivity contribution in [1.82, 2.24) is 25.0 Å². The maximum absolute atomic E-state index is 12.4. The Morgan fingerprint density at radius 3 is 2.72 bits per heavy atom. The van der Waals surface area contributed by atoms with Crippen LogP contribution in [-0.2, 0) is 6.54 Å². The van der Waals surface area contributed by atoms with E-state index in [1.807, 2.05) is 23.4 Å². The zero-order valence-corrected chi connectivity index (χ0v) is 14.5. The van der Waals surface area contributed by atoms with Crippen molar-refractivity contribution in [3.63, 3.8) is 0 Å². The van der Waals surface area contributed by atoms with Gasteiger partial charge in [-0.1, -0.05) is 6.07 Å². The molecule has 0 bridgehead atoms. The maximum Gasteiger partial charge on any atom is 0.257 e. The van der Waals surface area contributed by atoms with Gasteiger partial charge >= 0.3 is 0 Å². The van der Waals surface area contributed by atoms with Crippen LogP contribution in [0.25, 0.3) is 0 Å². The number of pyridine rings is 1. The maximum atomic E-state index is 12.4. The van der Waals surface area contributed by atoms with Crippen molar-refractivity contribution in [1.29, 1.82) is 0 Å². The Morgan fingerprint density at radius 2 is 2.00 bits per heavy atom. The third kappa shape index (κ3) is 3.74. The second kappa shape index (κ2) is 7.35. The quantitative estimate of drug-likeness (QED) is 0.927. The van der Waals surface area contributed by atoms with Crippen molar-refractivity contribution in [2.45, 2.75) is 25.8 Å². The summed E-state index contributed by atoms with van der Waals surface area (Å²) in [4.78, 5) is 21.2. The molecule has 4 rings (SSSR count). The fraction of sp³-hybridized carbons (Fsp3) is 0.526. The molecule has 0 aromatic carbocycles. The van der Waals surface area contributed by atoms with Gasteiger partial charge in [0.25, 0.3) is 5.91 Å². The van der Waals surface area contributed by atoms with Crippen LogP contribution in [0, 0.1) is 11.8 Å². The van der Waals surface area contributed by atoms with Crippen LogP contribution in [0.1, 0.15) is 35.2 Å². The minimum atomic E-state index is 0.116. The van der Waals surface area contributed by atoms with Crippen molar-refractivity contribution in [3.05, 3.63) is 48.0 Å². The van der Waals surface area contributed by atoms with Crippen molar-refractivity contribution in [2.75, 3.05) is 26.2 Å². The molecule has 1 unspecified atom stereocenters. The summed E-state index contributed by atoms with van der Waals surface area (Å²) in [6.45, 7) is 5.07. The van der Waals surface area contributed by atoms with E-state index < -0.39 is 0 Å². The molecule has 1 N–H and O–H groups in total. The van der Waals surface area contributed by atoms with E-state index in [1.54, 1.807) is 12.4 Å². The first-order valence-electron chi connectivity index (χ1n) is 9.19. The number of aromatic nitrogens is 3. The summed E-state index contributed by atoms with van der Waals surface area (Å²) in [5, 5.41) is 6.61. The fourth-order valence-electron chi connectivity index (χ4n) is 4.24. The number of amides is 1. The van der Waals surface area contributed by atoms with E-state index in [2.05, 4.69) is 26.1 Å². The third-order valence-electron chi connectivity index (χ3n) is 5.68. The Kier molecular flexibility index (Phi) is 4.78. The minimum Gasteiger partial charge on any atom is -0.338 e. The minimum absolute atomic E-state index is 0.116. The van der Waals surface area contributed by atoms with Gasteiger partial charge in [0.05, 0.1) is 11.8 Å². The Bertz CT molecular complexity index is 679. The predicted molar refractivity (Wildman–Crippen MR) is 94.8 cm³/mol. The van der Waals surface area contributed by atoms with Gasteiger partial charge < -0.3 is 4.90 Å². The molecule has 1 atom stereocenters. The molecule has 2 aromatic rings. The van der Waals surface area contributed by atoms with Gasteiger partial charge in [-0.25, -0.2) is 0 Å². The molecule has 2 saturated heterocycles. The highest BCUT2D eigenvalue weighted by molar-refractivity contribution is 5.93. The van der Waals surface area contributed by atoms with Crippen LogP contribution in [0.4, 0.5) is 0 Å². The molecule has 2 aromatic heterocycles. The van der Waals surface area contributed by atoms with Gasteiger partial charge in [0.2, 0.25) is 0 Å². The number of piperidine rings is 1. The van der Waals surface area contributed by atoms with E-state index in [0.717, 1.165) is 45.1 Å². The van der Waals surface area contributed by atoms with Crippen molar-refractivity contribution < 1.29 is 4.79 Å². The number of carbonyl (C=O) groups is 1. The molecule has 0 radical (unpaired) electrons. The second-order valence-corrected chi connectivity index (χ2v) is 7.26. The SMILES string of the molecule is O=C(c1cn[nH]c1)N1CCC(C2CCN(Cc3cccnc3)CC2)C1. The average molecular weight is 339 g/mol. The second-order valence-electron chi connectivity index (χ2n) is 7.26. The van der Waals surface area contributed by atoms with E-state index >= 15 is 0 Å². The standard InChI is InChI=1S/C19H25N5O/c25-19(18-11-21-22-12-18)24-9-5-17(14-24)16-3-7-23(8-4-16)13-15-2-1-6-20-10-15/h1-2,6,10-12,16-17H,3-5,7-9,13-14H2,(H,21,22). The number of aromatic amines is 1. The van der Waals surface area contributed by atoms with E-state index in [-0.39, 0.29) is 5.91 Å². The zero-order valence-electron chi connectivity index (χ0n) is 14.5. The molecule has 0 aliphatic carbocycles. The normalized spacial score (nSPS) is 22.4. The lowest BCUT2D eigenvalue weighted by Crippen LogP contribution is -2.37. The summed E-state index contributed by atoms with van der Waals surface area (Å²) < 4.78 is 0. The third-order valence-corrected chi connectivity index (χ3v) is 5.68. The molecular formula is C19H25N5O. The highest BCUT2D eigenvalue weighted by atomic mass is 16.2. The first-order valence-corrected chi connectivity index (χ1v) is 9.19. The van der Waals surface area contributed by atoms with E-state index in [1.165, 1.54) is 18.4 Å². The summed E-state index contributed by atoms with van der Waals surface area (Å²) in [5.41, 5.74) is 1.96. The molecule has 132 valence electrons. The van der Waals surface area contributed by atoms with Gasteiger partial charge in [-0.2, -0.15) is 5.10 Å². The smallest absolute Gasteiger partial charge is 0.257 e. The van der Waals surface area contributed by atoms with Crippen LogP contribution in [0.5, 0.6) is 0 Å². The van der Waals surface area contributed by atoms with E-state index in [9.17, 15) is 4.79 Å². The van der Waals surface area contributed by atoms with Crippen LogP contribution >= 0.6 is 0 Å². The van der Waals surface area contributed by atoms with E-state index in [4.69, 9.17) is 0 Å². The lowest BCUT2D eigenvalue weighted by molar-refractivity contribution is 0.0773. The van der Waals surface area contributed by atoms with Gasteiger partial charge in [0, 0.05) is 38.2 Å². The monoisotopic (exact) mass is 339 g/mol. The predicted octanol–water partition coefficient (Wildman–Crippen LogP) is 2.18. The molecule has 0 spiro atoms. The van der Waals surface area contributed by atoms with Crippen molar-refractivity contribution in [2.24, 2.45) is 11.8 Å². The summed E-state index contributed by atoms with van der Waals surface area (Å²) in [5.74, 6) is 1.51. The lowest BCUT2D eigenvalue weighted by atomic mass is 9.83. The van der Waals surface area contributed by atoms with Crippen LogP contribution in [0.15, 0.2) is 36.9 Å². The van der Waals surface area contributed by atoms with Crippen LogP contribution in [0.3, 0.4) is 0 Å². The van der Waals surface area contributed by atoms with Gasteiger partial charge in [-0.15, -0.1) is 0 Å². The molecule has 2 aliphatic heterocycles. The number of likely N-dealkylation sites (tertiary alicyclic amines) is 2. The average Bonchev–Trinajstić information content (AvgIpc) is 3.35. The first kappa shape index (κ1) is 16.3. The van der Waals surface area contributed by atoms with Gasteiger partial charge in [-0.3, -0.25) is 19.8 Å². The highest BCUT2D eigenvalue weighted by Crippen LogP contribution is 2.32. The van der Waals surface area contributed by atoms with Crippen molar-refractivity contribution >= 4 is 5.91 Å². The number of carbonyl (C=O) groups excluding carboxylic acids is 1. The van der Waals surface area contributed by atoms with Crippen molar-refractivity contribution in [3.8, 4) is 0 Å². The Balaban J connectivity index is 1.26. The van der Waals surface area contributed by atoms with Crippen LogP contribution < -0.4 is 0 Å². The molecular weight excluding hydrogens is 314 g/mol. The number of hydrogen-bond acceptors (Lipinski definition) is 4. The summed E-state index contributed by atoms with van der Waals surface area (Å²) in [6.07, 6.45) is 10.7. The molecule has 2 fully saturated rings. The Hall–Kier alpha value is -2.21. The molecule has 6 nitrogen and oxygen atoms in total. The summed E-state index contributed by atoms with van der Waals surface area (Å²) in [7, 11) is 0. The largest absolute Gasteiger partial charge is 0.338 e. The molecule has 1 amide bonds. The lowest BCUT2D eigenvalue weighted by Gasteiger charge is -2.34. The highest BCUT2D eigenvalue weighted by Gasteiger charge is 2.34. The van der Waals surface area contributed by atoms with Gasteiger partial charge in [-0.05, 0) is 55.8 Å². The Morgan fingerprint density at radius 1 is 1.16 bits per heavy atom. The number of hydrogen-bond donors (Lipinski definition) is 1.